The molecule has 0 atom stereocenters. The van der Waals surface area contributed by atoms with E-state index in [-0.39, 0.29) is 22.3 Å². The molecule has 2 aliphatic rings. The molecule has 0 spiro atoms. The molecule has 166 valence electrons. The summed E-state index contributed by atoms with van der Waals surface area (Å²) in [7, 11) is 0. The molecule has 2 saturated heterocycles. The van der Waals surface area contributed by atoms with Crippen LogP contribution in [0.3, 0.4) is 0 Å². The van der Waals surface area contributed by atoms with Crippen LogP contribution in [0.25, 0.3) is 0 Å². The van der Waals surface area contributed by atoms with E-state index in [1.807, 2.05) is 4.90 Å². The number of rotatable bonds is 5. The Morgan fingerprint density at radius 1 is 1.23 bits per heavy atom. The minimum atomic E-state index is -4.46. The Balaban J connectivity index is 1.58. The summed E-state index contributed by atoms with van der Waals surface area (Å²) in [5.74, 6) is 0.666. The van der Waals surface area contributed by atoms with Crippen molar-refractivity contribution in [2.24, 2.45) is 0 Å². The third-order valence-electron chi connectivity index (χ3n) is 5.63. The van der Waals surface area contributed by atoms with Gasteiger partial charge in [0.2, 0.25) is 5.28 Å². The fourth-order valence-corrected chi connectivity index (χ4v) is 4.20. The lowest BCUT2D eigenvalue weighted by Crippen LogP contribution is -2.70. The lowest BCUT2D eigenvalue weighted by Gasteiger charge is -2.55. The van der Waals surface area contributed by atoms with Gasteiger partial charge in [0.25, 0.3) is 0 Å². The van der Waals surface area contributed by atoms with Gasteiger partial charge in [-0.05, 0) is 36.7 Å². The van der Waals surface area contributed by atoms with Gasteiger partial charge < -0.3 is 20.4 Å². The summed E-state index contributed by atoms with van der Waals surface area (Å²) < 4.78 is 44.5. The first-order chi connectivity index (χ1) is 14.7. The van der Waals surface area contributed by atoms with Crippen molar-refractivity contribution in [1.82, 2.24) is 14.9 Å². The van der Waals surface area contributed by atoms with E-state index >= 15 is 0 Å². The molecule has 2 N–H and O–H groups in total. The topological polar surface area (TPSA) is 77.4 Å². The average molecular weight is 455 g/mol. The van der Waals surface area contributed by atoms with E-state index in [4.69, 9.17) is 21.7 Å². The van der Waals surface area contributed by atoms with Crippen LogP contribution in [-0.4, -0.2) is 66.0 Å². The molecule has 0 amide bonds. The molecule has 0 aliphatic carbocycles. The zero-order valence-corrected chi connectivity index (χ0v) is 17.6. The Morgan fingerprint density at radius 3 is 2.58 bits per heavy atom. The molecule has 3 heterocycles. The van der Waals surface area contributed by atoms with Crippen LogP contribution in [0.5, 0.6) is 0 Å². The highest BCUT2D eigenvalue weighted by Crippen LogP contribution is 2.36. The van der Waals surface area contributed by atoms with Crippen LogP contribution >= 0.6 is 11.6 Å². The van der Waals surface area contributed by atoms with Crippen LogP contribution < -0.4 is 10.2 Å². The summed E-state index contributed by atoms with van der Waals surface area (Å²) in [6.45, 7) is 6.65. The normalized spacial score (nSPS) is 19.1. The first-order valence-electron chi connectivity index (χ1n) is 9.80. The highest BCUT2D eigenvalue weighted by molar-refractivity contribution is 6.28. The first-order valence-corrected chi connectivity index (χ1v) is 10.2. The number of ether oxygens (including phenoxy) is 1. The smallest absolute Gasteiger partial charge is 0.379 e. The molecule has 2 aromatic rings. The van der Waals surface area contributed by atoms with Crippen molar-refractivity contribution in [2.75, 3.05) is 49.6 Å². The molecule has 0 bridgehead atoms. The Morgan fingerprint density at radius 2 is 1.94 bits per heavy atom. The van der Waals surface area contributed by atoms with E-state index in [0.29, 0.717) is 37.7 Å². The lowest BCUT2D eigenvalue weighted by molar-refractivity contribution is -0.137. The second-order valence-corrected chi connectivity index (χ2v) is 8.22. The Bertz CT molecular complexity index is 974. The molecule has 1 aromatic heterocycles. The summed E-state index contributed by atoms with van der Waals surface area (Å²) >= 11 is 6.12. The van der Waals surface area contributed by atoms with Gasteiger partial charge in [-0.2, -0.15) is 23.1 Å². The maximum atomic E-state index is 13.0. The summed E-state index contributed by atoms with van der Waals surface area (Å²) in [6.07, 6.45) is -3.37. The van der Waals surface area contributed by atoms with Crippen molar-refractivity contribution in [2.45, 2.75) is 18.6 Å². The van der Waals surface area contributed by atoms with Crippen LogP contribution in [0.2, 0.25) is 5.28 Å². The van der Waals surface area contributed by atoms with Gasteiger partial charge in [-0.25, -0.2) is 0 Å². The van der Waals surface area contributed by atoms with Crippen molar-refractivity contribution in [3.8, 4) is 0 Å². The number of nitrogens with one attached hydrogen (secondary N) is 2. The number of hydrogen-bond donors (Lipinski definition) is 2. The summed E-state index contributed by atoms with van der Waals surface area (Å²) in [5.41, 5.74) is -0.265. The summed E-state index contributed by atoms with van der Waals surface area (Å²) in [4.78, 5) is 12.8. The van der Waals surface area contributed by atoms with Crippen LogP contribution in [0.1, 0.15) is 18.1 Å². The number of anilines is 3. The van der Waals surface area contributed by atoms with Gasteiger partial charge in [-0.15, -0.1) is 0 Å². The van der Waals surface area contributed by atoms with Crippen molar-refractivity contribution in [3.63, 3.8) is 0 Å². The number of alkyl halides is 3. The number of halogens is 4. The van der Waals surface area contributed by atoms with Gasteiger partial charge in [-0.1, -0.05) is 6.07 Å². The lowest BCUT2D eigenvalue weighted by atomic mass is 9.89. The predicted octanol–water partition coefficient (Wildman–Crippen LogP) is 3.80. The number of nitrogens with zero attached hydrogens (tertiary/aromatic N) is 4. The average Bonchev–Trinajstić information content (AvgIpc) is 2.71. The molecule has 2 fully saturated rings. The highest BCUT2D eigenvalue weighted by Gasteiger charge is 2.45. The van der Waals surface area contributed by atoms with E-state index in [0.717, 1.165) is 31.4 Å². The number of morpholine rings is 1. The zero-order valence-electron chi connectivity index (χ0n) is 16.8. The van der Waals surface area contributed by atoms with Gasteiger partial charge in [-0.3, -0.25) is 4.90 Å². The highest BCUT2D eigenvalue weighted by atomic mass is 35.5. The zero-order chi connectivity index (χ0) is 22.2. The van der Waals surface area contributed by atoms with E-state index < -0.39 is 11.7 Å². The second-order valence-electron chi connectivity index (χ2n) is 7.88. The number of aromatic nitrogens is 2. The van der Waals surface area contributed by atoms with Gasteiger partial charge in [0.05, 0.1) is 29.9 Å². The molecule has 0 saturated carbocycles. The monoisotopic (exact) mass is 454 g/mol. The Labute approximate surface area is 182 Å². The third kappa shape index (κ3) is 4.46. The predicted molar refractivity (Wildman–Crippen MR) is 113 cm³/mol. The fourth-order valence-electron chi connectivity index (χ4n) is 4.04. The SMILES string of the molecule is CC1(N2CCOCC2)CN(c2nc(Cl)nc(Nc3cccc(C(F)(F)F)c3)c2C=N)C1. The standard InChI is InChI=1S/C20H22ClF3N6O/c1-19(30-5-7-31-8-6-30)11-29(12-19)17-15(10-25)16(27-18(21)28-17)26-14-4-2-3-13(9-14)20(22,23)24/h2-4,9-10,25H,5-8,11-12H2,1H3,(H,26,27,28). The van der Waals surface area contributed by atoms with Crippen molar-refractivity contribution in [1.29, 1.82) is 5.41 Å². The Hall–Kier alpha value is -2.43. The largest absolute Gasteiger partial charge is 0.416 e. The number of hydrogen-bond acceptors (Lipinski definition) is 7. The van der Waals surface area contributed by atoms with Crippen LogP contribution in [0.15, 0.2) is 24.3 Å². The second kappa shape index (κ2) is 8.25. The minimum absolute atomic E-state index is 0.0462. The first kappa shape index (κ1) is 21.8. The third-order valence-corrected chi connectivity index (χ3v) is 5.80. The maximum absolute atomic E-state index is 13.0. The molecule has 1 aromatic carbocycles. The summed E-state index contributed by atoms with van der Waals surface area (Å²) in [5, 5.41) is 10.7. The van der Waals surface area contributed by atoms with E-state index in [2.05, 4.69) is 27.1 Å². The van der Waals surface area contributed by atoms with E-state index in [9.17, 15) is 13.2 Å². The van der Waals surface area contributed by atoms with E-state index in [1.165, 1.54) is 12.1 Å². The molecular formula is C20H22ClF3N6O. The molecule has 7 nitrogen and oxygen atoms in total. The minimum Gasteiger partial charge on any atom is -0.379 e. The fraction of sp³-hybridized carbons (Fsp3) is 0.450. The van der Waals surface area contributed by atoms with Crippen molar-refractivity contribution < 1.29 is 17.9 Å². The van der Waals surface area contributed by atoms with Gasteiger partial charge in [0.1, 0.15) is 11.6 Å². The van der Waals surface area contributed by atoms with Gasteiger partial charge in [0, 0.05) is 38.1 Å². The van der Waals surface area contributed by atoms with Crippen LogP contribution in [0.4, 0.5) is 30.5 Å². The molecule has 0 radical (unpaired) electrons. The van der Waals surface area contributed by atoms with Gasteiger partial charge >= 0.3 is 6.18 Å². The maximum Gasteiger partial charge on any atom is 0.416 e. The molecule has 11 heteroatoms. The van der Waals surface area contributed by atoms with E-state index in [1.54, 1.807) is 0 Å². The van der Waals surface area contributed by atoms with Crippen LogP contribution in [-0.2, 0) is 10.9 Å². The summed E-state index contributed by atoms with van der Waals surface area (Å²) in [6, 6.07) is 4.79. The quantitative estimate of drug-likeness (QED) is 0.528. The van der Waals surface area contributed by atoms with Crippen molar-refractivity contribution >= 4 is 35.1 Å². The molecule has 4 rings (SSSR count). The Kier molecular flexibility index (Phi) is 5.80. The molecule has 31 heavy (non-hydrogen) atoms. The molecule has 2 aliphatic heterocycles. The van der Waals surface area contributed by atoms with Gasteiger partial charge in [0.15, 0.2) is 0 Å². The van der Waals surface area contributed by atoms with Crippen molar-refractivity contribution in [3.05, 3.63) is 40.7 Å². The molecular weight excluding hydrogens is 433 g/mol. The van der Waals surface area contributed by atoms with Crippen LogP contribution in [0, 0.1) is 5.41 Å². The number of benzene rings is 1. The molecule has 0 unspecified atom stereocenters.